The maximum absolute atomic E-state index is 13.2. The lowest BCUT2D eigenvalue weighted by atomic mass is 10.0. The predicted octanol–water partition coefficient (Wildman–Crippen LogP) is 2.82. The summed E-state index contributed by atoms with van der Waals surface area (Å²) in [7, 11) is 0. The first-order valence-corrected chi connectivity index (χ1v) is 4.48. The van der Waals surface area contributed by atoms with Gasteiger partial charge in [0.15, 0.2) is 0 Å². The zero-order valence-corrected chi connectivity index (χ0v) is 7.49. The van der Waals surface area contributed by atoms with Gasteiger partial charge in [-0.3, -0.25) is 0 Å². The van der Waals surface area contributed by atoms with Crippen LogP contribution >= 0.6 is 0 Å². The summed E-state index contributed by atoms with van der Waals surface area (Å²) in [5, 5.41) is 2.80. The normalized spacial score (nSPS) is 19.4. The Hall–Kier alpha value is -1.19. The van der Waals surface area contributed by atoms with Crippen LogP contribution in [-0.4, -0.2) is 12.5 Å². The number of hydrogen-bond donors (Lipinski definition) is 1. The molecule has 0 fully saturated rings. The number of benzene rings is 1. The predicted molar refractivity (Wildman–Crippen MR) is 48.2 cm³/mol. The fraction of sp³-hybridized carbons (Fsp3) is 0.400. The summed E-state index contributed by atoms with van der Waals surface area (Å²) in [4.78, 5) is 0. The van der Waals surface area contributed by atoms with Crippen molar-refractivity contribution in [3.8, 4) is 0 Å². The molecule has 0 bridgehead atoms. The molecule has 14 heavy (non-hydrogen) atoms. The molecule has 1 aliphatic heterocycles. The number of hydrogen-bond acceptors (Lipinski definition) is 1. The van der Waals surface area contributed by atoms with Gasteiger partial charge < -0.3 is 5.32 Å². The van der Waals surface area contributed by atoms with Crippen molar-refractivity contribution in [1.29, 1.82) is 0 Å². The number of fused-ring (bicyclic) bond motifs is 1. The van der Waals surface area contributed by atoms with E-state index in [4.69, 9.17) is 0 Å². The molecule has 0 radical (unpaired) electrons. The van der Waals surface area contributed by atoms with Gasteiger partial charge in [0.05, 0.1) is 0 Å². The number of rotatable bonds is 0. The summed E-state index contributed by atoms with van der Waals surface area (Å²) in [6.07, 6.45) is -0.761. The molecule has 1 aliphatic rings. The van der Waals surface area contributed by atoms with Gasteiger partial charge in [-0.25, -0.2) is 13.2 Å². The van der Waals surface area contributed by atoms with Crippen molar-refractivity contribution in [3.63, 3.8) is 0 Å². The fourth-order valence-corrected chi connectivity index (χ4v) is 1.63. The summed E-state index contributed by atoms with van der Waals surface area (Å²) in [5.74, 6) is -3.36. The van der Waals surface area contributed by atoms with Crippen LogP contribution in [0.1, 0.15) is 12.0 Å². The Kier molecular flexibility index (Phi) is 2.13. The minimum Gasteiger partial charge on any atom is -0.385 e. The van der Waals surface area contributed by atoms with E-state index in [2.05, 4.69) is 5.32 Å². The number of anilines is 1. The molecular weight excluding hydrogens is 191 g/mol. The van der Waals surface area contributed by atoms with Crippen LogP contribution in [0.3, 0.4) is 0 Å². The van der Waals surface area contributed by atoms with Crippen LogP contribution in [0, 0.1) is 5.82 Å². The van der Waals surface area contributed by atoms with Gasteiger partial charge in [0.1, 0.15) is 5.82 Å². The molecule has 0 saturated heterocycles. The van der Waals surface area contributed by atoms with E-state index in [0.29, 0.717) is 5.69 Å². The highest BCUT2D eigenvalue weighted by Gasteiger charge is 2.33. The molecule has 0 aliphatic carbocycles. The van der Waals surface area contributed by atoms with Crippen molar-refractivity contribution < 1.29 is 13.2 Å². The Morgan fingerprint density at radius 2 is 2.07 bits per heavy atom. The summed E-state index contributed by atoms with van der Waals surface area (Å²) in [5.41, 5.74) is 0.581. The van der Waals surface area contributed by atoms with Crippen LogP contribution in [0.15, 0.2) is 18.2 Å². The Morgan fingerprint density at radius 1 is 1.29 bits per heavy atom. The second-order valence-electron chi connectivity index (χ2n) is 3.48. The Morgan fingerprint density at radius 3 is 2.86 bits per heavy atom. The van der Waals surface area contributed by atoms with Crippen LogP contribution in [0.5, 0.6) is 0 Å². The van der Waals surface area contributed by atoms with Gasteiger partial charge in [0.2, 0.25) is 0 Å². The third kappa shape index (κ3) is 1.69. The van der Waals surface area contributed by atoms with Gasteiger partial charge in [-0.05, 0) is 12.1 Å². The third-order valence-corrected chi connectivity index (χ3v) is 2.36. The van der Waals surface area contributed by atoms with E-state index in [1.54, 1.807) is 6.07 Å². The Labute approximate surface area is 79.9 Å². The summed E-state index contributed by atoms with van der Waals surface area (Å²) >= 11 is 0. The number of nitrogens with one attached hydrogen (secondary N) is 1. The molecule has 0 unspecified atom stereocenters. The SMILES string of the molecule is Fc1cccc2c1CC(F)(F)CCN2. The van der Waals surface area contributed by atoms with E-state index in [9.17, 15) is 13.2 Å². The van der Waals surface area contributed by atoms with Crippen LogP contribution in [0.2, 0.25) is 0 Å². The van der Waals surface area contributed by atoms with E-state index >= 15 is 0 Å². The molecule has 0 aromatic heterocycles. The van der Waals surface area contributed by atoms with Gasteiger partial charge in [-0.15, -0.1) is 0 Å². The van der Waals surface area contributed by atoms with Crippen LogP contribution in [0.25, 0.3) is 0 Å². The highest BCUT2D eigenvalue weighted by atomic mass is 19.3. The first kappa shape index (κ1) is 9.37. The highest BCUT2D eigenvalue weighted by Crippen LogP contribution is 2.32. The molecule has 0 amide bonds. The summed E-state index contributed by atoms with van der Waals surface area (Å²) < 4.78 is 39.5. The van der Waals surface area contributed by atoms with Gasteiger partial charge in [0.25, 0.3) is 5.92 Å². The lowest BCUT2D eigenvalue weighted by Crippen LogP contribution is -2.20. The first-order chi connectivity index (χ1) is 6.58. The minimum absolute atomic E-state index is 0.0926. The lowest BCUT2D eigenvalue weighted by Gasteiger charge is -2.12. The number of halogens is 3. The van der Waals surface area contributed by atoms with E-state index < -0.39 is 18.2 Å². The van der Waals surface area contributed by atoms with Crippen molar-refractivity contribution in [2.24, 2.45) is 0 Å². The second kappa shape index (κ2) is 3.19. The summed E-state index contributed by atoms with van der Waals surface area (Å²) in [6.45, 7) is 0.184. The smallest absolute Gasteiger partial charge is 0.254 e. The molecular formula is C10H10F3N. The van der Waals surface area contributed by atoms with Gasteiger partial charge in [-0.2, -0.15) is 0 Å². The second-order valence-corrected chi connectivity index (χ2v) is 3.48. The number of alkyl halides is 2. The van der Waals surface area contributed by atoms with E-state index in [1.165, 1.54) is 12.1 Å². The van der Waals surface area contributed by atoms with E-state index in [0.717, 1.165) is 0 Å². The molecule has 2 rings (SSSR count). The van der Waals surface area contributed by atoms with Gasteiger partial charge in [-0.1, -0.05) is 6.07 Å². The van der Waals surface area contributed by atoms with Crippen molar-refractivity contribution >= 4 is 5.69 Å². The topological polar surface area (TPSA) is 12.0 Å². The summed E-state index contributed by atoms with van der Waals surface area (Å²) in [6, 6.07) is 4.35. The fourth-order valence-electron chi connectivity index (χ4n) is 1.63. The quantitative estimate of drug-likeness (QED) is 0.680. The van der Waals surface area contributed by atoms with Crippen molar-refractivity contribution in [2.45, 2.75) is 18.8 Å². The monoisotopic (exact) mass is 201 g/mol. The Bertz CT molecular complexity index is 349. The van der Waals surface area contributed by atoms with E-state index in [-0.39, 0.29) is 18.5 Å². The van der Waals surface area contributed by atoms with Crippen molar-refractivity contribution in [3.05, 3.63) is 29.6 Å². The first-order valence-electron chi connectivity index (χ1n) is 4.48. The van der Waals surface area contributed by atoms with Crippen molar-refractivity contribution in [2.75, 3.05) is 11.9 Å². The average molecular weight is 201 g/mol. The molecule has 0 spiro atoms. The van der Waals surface area contributed by atoms with Crippen molar-refractivity contribution in [1.82, 2.24) is 0 Å². The maximum atomic E-state index is 13.2. The molecule has 0 saturated carbocycles. The maximum Gasteiger partial charge on any atom is 0.254 e. The molecule has 1 heterocycles. The molecule has 1 aromatic carbocycles. The van der Waals surface area contributed by atoms with Crippen LogP contribution < -0.4 is 5.32 Å². The van der Waals surface area contributed by atoms with Gasteiger partial charge in [0, 0.05) is 30.6 Å². The largest absolute Gasteiger partial charge is 0.385 e. The van der Waals surface area contributed by atoms with Gasteiger partial charge >= 0.3 is 0 Å². The molecule has 76 valence electrons. The third-order valence-electron chi connectivity index (χ3n) is 2.36. The zero-order valence-electron chi connectivity index (χ0n) is 7.49. The lowest BCUT2D eigenvalue weighted by molar-refractivity contribution is -0.00265. The highest BCUT2D eigenvalue weighted by molar-refractivity contribution is 5.53. The average Bonchev–Trinajstić information content (AvgIpc) is 2.24. The molecule has 1 N–H and O–H groups in total. The molecule has 1 aromatic rings. The van der Waals surface area contributed by atoms with E-state index in [1.807, 2.05) is 0 Å². The van der Waals surface area contributed by atoms with Crippen LogP contribution in [0.4, 0.5) is 18.9 Å². The standard InChI is InChI=1S/C10H10F3N/c11-8-2-1-3-9-7(8)6-10(12,13)4-5-14-9/h1-3,14H,4-6H2. The minimum atomic E-state index is -2.81. The molecule has 4 heteroatoms. The Balaban J connectivity index is 2.43. The van der Waals surface area contributed by atoms with Crippen LogP contribution in [-0.2, 0) is 6.42 Å². The molecule has 1 nitrogen and oxygen atoms in total. The molecule has 0 atom stereocenters. The zero-order chi connectivity index (χ0) is 10.2.